The molecule has 1 aliphatic rings. The smallest absolute Gasteiger partial charge is 0.0989 e. The Labute approximate surface area is 100 Å². The summed E-state index contributed by atoms with van der Waals surface area (Å²) in [5.74, 6) is 0. The second-order valence-corrected chi connectivity index (χ2v) is 4.25. The molecule has 0 aliphatic heterocycles. The van der Waals surface area contributed by atoms with Crippen molar-refractivity contribution >= 4 is 11.8 Å². The Morgan fingerprint density at radius 3 is 3.00 bits per heavy atom. The number of hydrogen-bond acceptors (Lipinski definition) is 2. The minimum absolute atomic E-state index is 0.0941. The fraction of sp³-hybridized carbons (Fsp3) is 0.214. The van der Waals surface area contributed by atoms with Gasteiger partial charge in [0.1, 0.15) is 0 Å². The maximum absolute atomic E-state index is 9.36. The first-order chi connectivity index (χ1) is 8.38. The predicted molar refractivity (Wildman–Crippen MR) is 67.1 cm³/mol. The lowest BCUT2D eigenvalue weighted by atomic mass is 9.92. The number of aryl methyl sites for hydroxylation is 1. The highest BCUT2D eigenvalue weighted by atomic mass is 16.3. The van der Waals surface area contributed by atoms with Gasteiger partial charge < -0.3 is 9.67 Å². The highest BCUT2D eigenvalue weighted by molar-refractivity contribution is 5.76. The zero-order chi connectivity index (χ0) is 11.7. The Bertz CT molecular complexity index is 556. The van der Waals surface area contributed by atoms with Crippen LogP contribution in [0.2, 0.25) is 0 Å². The molecule has 86 valence electrons. The van der Waals surface area contributed by atoms with E-state index < -0.39 is 0 Å². The summed E-state index contributed by atoms with van der Waals surface area (Å²) in [6, 6.07) is 6.13. The summed E-state index contributed by atoms with van der Waals surface area (Å²) in [7, 11) is 0. The van der Waals surface area contributed by atoms with Gasteiger partial charge in [-0.25, -0.2) is 4.98 Å². The molecule has 0 atom stereocenters. The highest BCUT2D eigenvalue weighted by Crippen LogP contribution is 2.28. The van der Waals surface area contributed by atoms with E-state index in [9.17, 15) is 5.11 Å². The normalized spacial score (nSPS) is 14.3. The molecule has 2 aromatic rings. The van der Waals surface area contributed by atoms with E-state index in [1.807, 2.05) is 29.2 Å². The van der Waals surface area contributed by atoms with Crippen LogP contribution in [0.3, 0.4) is 0 Å². The maximum atomic E-state index is 9.36. The first-order valence-corrected chi connectivity index (χ1v) is 5.79. The monoisotopic (exact) mass is 226 g/mol. The number of allylic oxidation sites excluding steroid dienone is 1. The quantitative estimate of drug-likeness (QED) is 0.853. The molecule has 0 spiro atoms. The number of aromatic nitrogens is 2. The lowest BCUT2D eigenvalue weighted by Crippen LogP contribution is -2.05. The average molecular weight is 226 g/mol. The molecular weight excluding hydrogens is 212 g/mol. The summed E-state index contributed by atoms with van der Waals surface area (Å²) >= 11 is 0. The summed E-state index contributed by atoms with van der Waals surface area (Å²) in [4.78, 5) is 4.07. The molecule has 0 radical (unpaired) electrons. The van der Waals surface area contributed by atoms with Gasteiger partial charge in [-0.2, -0.15) is 0 Å². The number of benzene rings is 1. The van der Waals surface area contributed by atoms with Gasteiger partial charge in [-0.3, -0.25) is 0 Å². The second kappa shape index (κ2) is 4.18. The first-order valence-electron chi connectivity index (χ1n) is 5.79. The molecule has 1 aromatic heterocycles. The van der Waals surface area contributed by atoms with Crippen LogP contribution >= 0.6 is 0 Å². The van der Waals surface area contributed by atoms with Crippen LogP contribution < -0.4 is 0 Å². The average Bonchev–Trinajstić information content (AvgIpc) is 2.91. The van der Waals surface area contributed by atoms with Crippen molar-refractivity contribution in [2.75, 3.05) is 0 Å². The van der Waals surface area contributed by atoms with Gasteiger partial charge in [0.15, 0.2) is 0 Å². The van der Waals surface area contributed by atoms with Gasteiger partial charge in [0.2, 0.25) is 0 Å². The number of rotatable bonds is 2. The molecule has 0 fully saturated rings. The highest BCUT2D eigenvalue weighted by Gasteiger charge is 2.13. The van der Waals surface area contributed by atoms with Crippen LogP contribution in [0.1, 0.15) is 23.1 Å². The molecule has 1 heterocycles. The van der Waals surface area contributed by atoms with E-state index in [1.165, 1.54) is 16.8 Å². The molecule has 17 heavy (non-hydrogen) atoms. The van der Waals surface area contributed by atoms with Crippen LogP contribution in [-0.4, -0.2) is 14.7 Å². The third-order valence-electron chi connectivity index (χ3n) is 3.25. The molecular formula is C14H14N2O. The summed E-state index contributed by atoms with van der Waals surface area (Å²) < 4.78 is 2.04. The third-order valence-corrected chi connectivity index (χ3v) is 3.25. The fourth-order valence-corrected chi connectivity index (χ4v) is 2.34. The predicted octanol–water partition coefficient (Wildman–Crippen LogP) is 2.32. The fourth-order valence-electron chi connectivity index (χ4n) is 2.34. The number of imidazole rings is 1. The number of fused-ring (bicyclic) bond motifs is 1. The molecule has 1 aromatic carbocycles. The van der Waals surface area contributed by atoms with Crippen molar-refractivity contribution in [3.8, 4) is 0 Å². The lowest BCUT2D eigenvalue weighted by molar-refractivity contribution is 0.281. The Balaban J connectivity index is 2.09. The molecule has 0 amide bonds. The van der Waals surface area contributed by atoms with Crippen molar-refractivity contribution in [2.45, 2.75) is 19.4 Å². The molecule has 3 rings (SSSR count). The van der Waals surface area contributed by atoms with Gasteiger partial charge >= 0.3 is 0 Å². The molecule has 0 unspecified atom stereocenters. The summed E-state index contributed by atoms with van der Waals surface area (Å²) in [6.45, 7) is 0.0941. The van der Waals surface area contributed by atoms with E-state index in [4.69, 9.17) is 0 Å². The van der Waals surface area contributed by atoms with Crippen molar-refractivity contribution in [3.63, 3.8) is 0 Å². The molecule has 0 saturated heterocycles. The molecule has 1 aliphatic carbocycles. The summed E-state index contributed by atoms with van der Waals surface area (Å²) in [5, 5.41) is 9.36. The van der Waals surface area contributed by atoms with Gasteiger partial charge in [0.25, 0.3) is 0 Å². The van der Waals surface area contributed by atoms with Crippen LogP contribution in [0.15, 0.2) is 36.9 Å². The summed E-state index contributed by atoms with van der Waals surface area (Å²) in [6.07, 6.45) is 9.75. The Kier molecular flexibility index (Phi) is 2.53. The lowest BCUT2D eigenvalue weighted by Gasteiger charge is -2.19. The van der Waals surface area contributed by atoms with Crippen LogP contribution in [-0.2, 0) is 13.0 Å². The van der Waals surface area contributed by atoms with E-state index in [-0.39, 0.29) is 6.61 Å². The van der Waals surface area contributed by atoms with E-state index in [2.05, 4.69) is 17.1 Å². The largest absolute Gasteiger partial charge is 0.392 e. The Morgan fingerprint density at radius 1 is 1.29 bits per heavy atom. The number of aliphatic hydroxyl groups excluding tert-OH is 1. The minimum Gasteiger partial charge on any atom is -0.392 e. The molecule has 3 nitrogen and oxygen atoms in total. The maximum Gasteiger partial charge on any atom is 0.0989 e. The third kappa shape index (κ3) is 1.78. The van der Waals surface area contributed by atoms with Crippen molar-refractivity contribution < 1.29 is 5.11 Å². The molecule has 0 saturated carbocycles. The number of hydrogen-bond donors (Lipinski definition) is 1. The SMILES string of the molecule is OCc1cccc2c1C=C(n1ccnc1)CC2. The Morgan fingerprint density at radius 2 is 2.24 bits per heavy atom. The van der Waals surface area contributed by atoms with Gasteiger partial charge in [-0.15, -0.1) is 0 Å². The second-order valence-electron chi connectivity index (χ2n) is 4.25. The van der Waals surface area contributed by atoms with Gasteiger partial charge in [-0.05, 0) is 35.6 Å². The van der Waals surface area contributed by atoms with Gasteiger partial charge in [0, 0.05) is 18.1 Å². The van der Waals surface area contributed by atoms with Crippen LogP contribution in [0.4, 0.5) is 0 Å². The van der Waals surface area contributed by atoms with Crippen molar-refractivity contribution in [3.05, 3.63) is 53.6 Å². The Hall–Kier alpha value is -1.87. The van der Waals surface area contributed by atoms with Gasteiger partial charge in [-0.1, -0.05) is 18.2 Å². The zero-order valence-corrected chi connectivity index (χ0v) is 9.50. The van der Waals surface area contributed by atoms with Crippen LogP contribution in [0.25, 0.3) is 11.8 Å². The van der Waals surface area contributed by atoms with Crippen LogP contribution in [0, 0.1) is 0 Å². The number of aliphatic hydroxyl groups is 1. The molecule has 1 N–H and O–H groups in total. The molecule has 3 heteroatoms. The summed E-state index contributed by atoms with van der Waals surface area (Å²) in [5.41, 5.74) is 4.72. The van der Waals surface area contributed by atoms with Crippen LogP contribution in [0.5, 0.6) is 0 Å². The van der Waals surface area contributed by atoms with E-state index in [0.717, 1.165) is 18.4 Å². The van der Waals surface area contributed by atoms with Gasteiger partial charge in [0.05, 0.1) is 12.9 Å². The zero-order valence-electron chi connectivity index (χ0n) is 9.50. The van der Waals surface area contributed by atoms with Crippen molar-refractivity contribution in [1.29, 1.82) is 0 Å². The van der Waals surface area contributed by atoms with E-state index >= 15 is 0 Å². The standard InChI is InChI=1S/C14H14N2O/c17-9-12-3-1-2-11-4-5-13(8-14(11)12)16-7-6-15-10-16/h1-3,6-8,10,17H,4-5,9H2. The first kappa shape index (κ1) is 10.3. The van der Waals surface area contributed by atoms with Crippen molar-refractivity contribution in [1.82, 2.24) is 9.55 Å². The van der Waals surface area contributed by atoms with E-state index in [0.29, 0.717) is 0 Å². The number of nitrogens with zero attached hydrogens (tertiary/aromatic N) is 2. The topological polar surface area (TPSA) is 38.0 Å². The van der Waals surface area contributed by atoms with Crippen molar-refractivity contribution in [2.24, 2.45) is 0 Å². The minimum atomic E-state index is 0.0941. The molecule has 0 bridgehead atoms. The van der Waals surface area contributed by atoms with E-state index in [1.54, 1.807) is 6.20 Å².